The van der Waals surface area contributed by atoms with Gasteiger partial charge in [-0.3, -0.25) is 0 Å². The van der Waals surface area contributed by atoms with Gasteiger partial charge in [0.25, 0.3) is 0 Å². The molecule has 1 heterocycles. The molecule has 0 spiro atoms. The molecule has 0 radical (unpaired) electrons. The van der Waals surface area contributed by atoms with E-state index in [4.69, 9.17) is 14.1 Å². The zero-order chi connectivity index (χ0) is 21.6. The lowest BCUT2D eigenvalue weighted by atomic mass is 10.1. The molecule has 0 N–H and O–H groups in total. The standard InChI is InChI=1S/C21H18F4N2O3/c1-2-10-29-26-19(13-28-17-5-3-4-15(11-17)21(23,24)25)20-12-18(27-30-20)14-6-8-16(22)9-7-14/h3-9,11-12H,2,10,13H2,1H3/b26-19+. The minimum atomic E-state index is -4.48. The van der Waals surface area contributed by atoms with E-state index in [2.05, 4.69) is 10.3 Å². The van der Waals surface area contributed by atoms with Crippen LogP contribution in [0.4, 0.5) is 17.6 Å². The molecular formula is C21H18F4N2O3. The Balaban J connectivity index is 1.79. The molecule has 9 heteroatoms. The van der Waals surface area contributed by atoms with Gasteiger partial charge in [-0.2, -0.15) is 13.2 Å². The van der Waals surface area contributed by atoms with Crippen LogP contribution in [0.5, 0.6) is 5.75 Å². The van der Waals surface area contributed by atoms with Crippen LogP contribution in [0, 0.1) is 5.82 Å². The number of benzene rings is 2. The van der Waals surface area contributed by atoms with Crippen LogP contribution in [-0.4, -0.2) is 24.1 Å². The van der Waals surface area contributed by atoms with Crippen LogP contribution in [0.1, 0.15) is 24.7 Å². The van der Waals surface area contributed by atoms with Gasteiger partial charge in [0, 0.05) is 11.6 Å². The van der Waals surface area contributed by atoms with Gasteiger partial charge in [0.15, 0.2) is 11.5 Å². The van der Waals surface area contributed by atoms with Crippen molar-refractivity contribution in [3.8, 4) is 17.0 Å². The second-order valence-electron chi connectivity index (χ2n) is 6.27. The van der Waals surface area contributed by atoms with Crippen LogP contribution in [-0.2, 0) is 11.0 Å². The summed E-state index contributed by atoms with van der Waals surface area (Å²) in [6, 6.07) is 11.7. The van der Waals surface area contributed by atoms with Crippen molar-refractivity contribution in [1.82, 2.24) is 5.16 Å². The van der Waals surface area contributed by atoms with Crippen molar-refractivity contribution < 1.29 is 31.7 Å². The predicted molar refractivity (Wildman–Crippen MR) is 102 cm³/mol. The first-order valence-electron chi connectivity index (χ1n) is 9.08. The van der Waals surface area contributed by atoms with E-state index in [9.17, 15) is 17.6 Å². The Kier molecular flexibility index (Phi) is 6.71. The zero-order valence-electron chi connectivity index (χ0n) is 15.9. The highest BCUT2D eigenvalue weighted by atomic mass is 19.4. The molecule has 0 aliphatic rings. The summed E-state index contributed by atoms with van der Waals surface area (Å²) < 4.78 is 62.5. The van der Waals surface area contributed by atoms with Crippen LogP contribution in [0.15, 0.2) is 64.3 Å². The molecule has 0 atom stereocenters. The SMILES string of the molecule is CCCO/N=C(\COc1cccc(C(F)(F)F)c1)c1cc(-c2ccc(F)cc2)no1. The van der Waals surface area contributed by atoms with Gasteiger partial charge in [-0.25, -0.2) is 4.39 Å². The minimum absolute atomic E-state index is 0.0197. The van der Waals surface area contributed by atoms with E-state index in [0.717, 1.165) is 12.1 Å². The lowest BCUT2D eigenvalue weighted by molar-refractivity contribution is -0.137. The van der Waals surface area contributed by atoms with Crippen molar-refractivity contribution in [2.45, 2.75) is 19.5 Å². The van der Waals surface area contributed by atoms with Crippen molar-refractivity contribution in [2.24, 2.45) is 5.16 Å². The number of hydrogen-bond acceptors (Lipinski definition) is 5. The number of oxime groups is 1. The Bertz CT molecular complexity index is 998. The molecule has 2 aromatic carbocycles. The molecule has 3 aromatic rings. The van der Waals surface area contributed by atoms with Gasteiger partial charge in [-0.15, -0.1) is 0 Å². The fraction of sp³-hybridized carbons (Fsp3) is 0.238. The first-order chi connectivity index (χ1) is 14.4. The highest BCUT2D eigenvalue weighted by Crippen LogP contribution is 2.31. The van der Waals surface area contributed by atoms with E-state index in [1.165, 1.54) is 24.3 Å². The van der Waals surface area contributed by atoms with E-state index >= 15 is 0 Å². The van der Waals surface area contributed by atoms with Crippen LogP contribution in [0.2, 0.25) is 0 Å². The van der Waals surface area contributed by atoms with Crippen LogP contribution in [0.3, 0.4) is 0 Å². The molecule has 0 aliphatic carbocycles. The number of alkyl halides is 3. The summed E-state index contributed by atoms with van der Waals surface area (Å²) in [5, 5.41) is 7.90. The van der Waals surface area contributed by atoms with Crippen LogP contribution in [0.25, 0.3) is 11.3 Å². The van der Waals surface area contributed by atoms with E-state index < -0.39 is 11.7 Å². The van der Waals surface area contributed by atoms with Gasteiger partial charge < -0.3 is 14.1 Å². The summed E-state index contributed by atoms with van der Waals surface area (Å²) in [4.78, 5) is 5.19. The topological polar surface area (TPSA) is 56.9 Å². The Morgan fingerprint density at radius 1 is 1.10 bits per heavy atom. The highest BCUT2D eigenvalue weighted by Gasteiger charge is 2.30. The van der Waals surface area contributed by atoms with Crippen molar-refractivity contribution in [3.63, 3.8) is 0 Å². The number of halogens is 4. The van der Waals surface area contributed by atoms with Crippen molar-refractivity contribution >= 4 is 5.71 Å². The molecule has 3 rings (SSSR count). The Hall–Kier alpha value is -3.36. The minimum Gasteiger partial charge on any atom is -0.487 e. The second-order valence-corrected chi connectivity index (χ2v) is 6.27. The lowest BCUT2D eigenvalue weighted by Crippen LogP contribution is -2.14. The smallest absolute Gasteiger partial charge is 0.416 e. The number of ether oxygens (including phenoxy) is 1. The maximum absolute atomic E-state index is 13.1. The fourth-order valence-electron chi connectivity index (χ4n) is 2.44. The predicted octanol–water partition coefficient (Wildman–Crippen LogP) is 5.71. The summed E-state index contributed by atoms with van der Waals surface area (Å²) in [5.74, 6) is -0.143. The molecule has 0 saturated carbocycles. The Morgan fingerprint density at radius 3 is 2.57 bits per heavy atom. The average molecular weight is 422 g/mol. The van der Waals surface area contributed by atoms with E-state index in [0.29, 0.717) is 24.3 Å². The van der Waals surface area contributed by atoms with Gasteiger partial charge in [0.2, 0.25) is 0 Å². The maximum atomic E-state index is 13.1. The van der Waals surface area contributed by atoms with Crippen LogP contribution >= 0.6 is 0 Å². The van der Waals surface area contributed by atoms with Gasteiger partial charge in [0.05, 0.1) is 5.56 Å². The third kappa shape index (κ3) is 5.59. The van der Waals surface area contributed by atoms with Gasteiger partial charge in [-0.05, 0) is 48.9 Å². The highest BCUT2D eigenvalue weighted by molar-refractivity contribution is 5.99. The largest absolute Gasteiger partial charge is 0.487 e. The summed E-state index contributed by atoms with van der Waals surface area (Å²) >= 11 is 0. The normalized spacial score (nSPS) is 12.1. The fourth-order valence-corrected chi connectivity index (χ4v) is 2.44. The van der Waals surface area contributed by atoms with E-state index in [1.807, 2.05) is 6.92 Å². The molecular weight excluding hydrogens is 404 g/mol. The third-order valence-electron chi connectivity index (χ3n) is 3.94. The number of rotatable bonds is 8. The Morgan fingerprint density at radius 2 is 1.87 bits per heavy atom. The average Bonchev–Trinajstić information content (AvgIpc) is 3.21. The van der Waals surface area contributed by atoms with Gasteiger partial charge >= 0.3 is 6.18 Å². The maximum Gasteiger partial charge on any atom is 0.416 e. The first kappa shape index (κ1) is 21.4. The quantitative estimate of drug-likeness (QED) is 0.202. The summed E-state index contributed by atoms with van der Waals surface area (Å²) in [6.45, 7) is 2.03. The molecule has 0 aliphatic heterocycles. The van der Waals surface area contributed by atoms with Crippen molar-refractivity contribution in [3.05, 3.63) is 71.7 Å². The summed E-state index contributed by atoms with van der Waals surface area (Å²) in [5.41, 5.74) is 0.451. The zero-order valence-corrected chi connectivity index (χ0v) is 15.9. The molecule has 0 fully saturated rings. The van der Waals surface area contributed by atoms with Crippen molar-refractivity contribution in [2.75, 3.05) is 13.2 Å². The monoisotopic (exact) mass is 422 g/mol. The van der Waals surface area contributed by atoms with Crippen molar-refractivity contribution in [1.29, 1.82) is 0 Å². The Labute approximate surface area is 169 Å². The number of hydrogen-bond donors (Lipinski definition) is 0. The van der Waals surface area contributed by atoms with E-state index in [-0.39, 0.29) is 29.6 Å². The molecule has 5 nitrogen and oxygen atoms in total. The molecule has 30 heavy (non-hydrogen) atoms. The first-order valence-corrected chi connectivity index (χ1v) is 9.08. The molecule has 0 amide bonds. The number of nitrogens with zero attached hydrogens (tertiary/aromatic N) is 2. The second kappa shape index (κ2) is 9.43. The molecule has 0 bridgehead atoms. The van der Waals surface area contributed by atoms with E-state index in [1.54, 1.807) is 18.2 Å². The van der Waals surface area contributed by atoms with Gasteiger partial charge in [0.1, 0.15) is 30.5 Å². The molecule has 0 saturated heterocycles. The molecule has 1 aromatic heterocycles. The molecule has 158 valence electrons. The third-order valence-corrected chi connectivity index (χ3v) is 3.94. The molecule has 0 unspecified atom stereocenters. The number of aromatic nitrogens is 1. The summed E-state index contributed by atoms with van der Waals surface area (Å²) in [7, 11) is 0. The summed E-state index contributed by atoms with van der Waals surface area (Å²) in [6.07, 6.45) is -3.77. The van der Waals surface area contributed by atoms with Gasteiger partial charge in [-0.1, -0.05) is 23.3 Å². The van der Waals surface area contributed by atoms with Crippen LogP contribution < -0.4 is 4.74 Å². The lowest BCUT2D eigenvalue weighted by Gasteiger charge is -2.10.